The van der Waals surface area contributed by atoms with Crippen LogP contribution in [-0.4, -0.2) is 77.2 Å². The van der Waals surface area contributed by atoms with Crippen LogP contribution in [0.3, 0.4) is 0 Å². The number of carbonyl (C=O) groups excluding carboxylic acids is 1. The van der Waals surface area contributed by atoms with E-state index in [2.05, 4.69) is 10.1 Å². The van der Waals surface area contributed by atoms with Crippen molar-refractivity contribution in [2.45, 2.75) is 49.4 Å². The normalized spacial score (nSPS) is 19.7. The van der Waals surface area contributed by atoms with Crippen LogP contribution in [0.4, 0.5) is 13.2 Å². The summed E-state index contributed by atoms with van der Waals surface area (Å²) < 4.78 is 59.4. The second-order valence-electron chi connectivity index (χ2n) is 9.03. The summed E-state index contributed by atoms with van der Waals surface area (Å²) in [5.41, 5.74) is 1.29. The lowest BCUT2D eigenvalue weighted by Gasteiger charge is -2.37. The predicted octanol–water partition coefficient (Wildman–Crippen LogP) is 2.98. The number of aromatic nitrogens is 1. The molecule has 1 atom stereocenters. The summed E-state index contributed by atoms with van der Waals surface area (Å²) in [6.45, 7) is 2.87. The van der Waals surface area contributed by atoms with E-state index in [1.165, 1.54) is 4.31 Å². The average molecular weight is 557 g/mol. The van der Waals surface area contributed by atoms with Crippen LogP contribution in [0.2, 0.25) is 0 Å². The van der Waals surface area contributed by atoms with Crippen molar-refractivity contribution in [1.82, 2.24) is 14.2 Å². The van der Waals surface area contributed by atoms with E-state index in [1.807, 2.05) is 25.1 Å². The van der Waals surface area contributed by atoms with E-state index in [0.29, 0.717) is 31.6 Å². The molecule has 2 aliphatic rings. The zero-order chi connectivity index (χ0) is 28.1. The number of oxime groups is 1. The Bertz CT molecular complexity index is 1290. The second-order valence-corrected chi connectivity index (χ2v) is 11.0. The molecular weight excluding hydrogens is 529 g/mol. The van der Waals surface area contributed by atoms with Gasteiger partial charge in [0, 0.05) is 26.2 Å². The van der Waals surface area contributed by atoms with E-state index >= 15 is 0 Å². The maximum atomic E-state index is 13.1. The third kappa shape index (κ3) is 7.07. The Balaban J connectivity index is 0.000000505. The number of carbonyl (C=O) groups is 2. The first-order valence-corrected chi connectivity index (χ1v) is 12.9. The molecule has 1 unspecified atom stereocenters. The summed E-state index contributed by atoms with van der Waals surface area (Å²) in [5.74, 6) is -2.99. The molecule has 1 aromatic carbocycles. The van der Waals surface area contributed by atoms with Gasteiger partial charge in [0.2, 0.25) is 10.0 Å². The molecular formula is C24H27F3N4O6S. The number of carboxylic acid groups (broad SMARTS) is 1. The van der Waals surface area contributed by atoms with Crippen LogP contribution < -0.4 is 0 Å². The highest BCUT2D eigenvalue weighted by atomic mass is 32.2. The number of hydrogen-bond acceptors (Lipinski definition) is 7. The number of aliphatic carboxylic acids is 1. The molecule has 1 amide bonds. The number of nitrogens with zero attached hydrogens (tertiary/aromatic N) is 4. The topological polar surface area (TPSA) is 129 Å². The average Bonchev–Trinajstić information content (AvgIpc) is 3.27. The number of carboxylic acids is 1. The smallest absolute Gasteiger partial charge is 0.475 e. The van der Waals surface area contributed by atoms with Crippen molar-refractivity contribution in [2.24, 2.45) is 5.16 Å². The molecule has 4 rings (SSSR count). The van der Waals surface area contributed by atoms with Gasteiger partial charge < -0.3 is 14.8 Å². The molecule has 2 aromatic rings. The van der Waals surface area contributed by atoms with Crippen molar-refractivity contribution >= 4 is 27.6 Å². The number of sulfonamides is 1. The van der Waals surface area contributed by atoms with E-state index in [-0.39, 0.29) is 23.8 Å². The molecule has 1 N–H and O–H groups in total. The molecule has 14 heteroatoms. The summed E-state index contributed by atoms with van der Waals surface area (Å²) in [6.07, 6.45) is -1.81. The van der Waals surface area contributed by atoms with E-state index in [4.69, 9.17) is 14.7 Å². The minimum atomic E-state index is -5.08. The highest BCUT2D eigenvalue weighted by Gasteiger charge is 2.47. The van der Waals surface area contributed by atoms with Crippen LogP contribution >= 0.6 is 0 Å². The fraction of sp³-hybridized carbons (Fsp3) is 0.417. The monoisotopic (exact) mass is 556 g/mol. The van der Waals surface area contributed by atoms with Crippen LogP contribution in [0.25, 0.3) is 0 Å². The van der Waals surface area contributed by atoms with Gasteiger partial charge in [-0.2, -0.15) is 17.5 Å². The number of alkyl halides is 3. The van der Waals surface area contributed by atoms with E-state index < -0.39 is 27.8 Å². The third-order valence-electron chi connectivity index (χ3n) is 5.96. The quantitative estimate of drug-likeness (QED) is 0.599. The minimum absolute atomic E-state index is 0.174. The van der Waals surface area contributed by atoms with Crippen LogP contribution in [0, 0.1) is 6.92 Å². The van der Waals surface area contributed by atoms with E-state index in [0.717, 1.165) is 11.3 Å². The van der Waals surface area contributed by atoms with Gasteiger partial charge in [0.05, 0.1) is 23.7 Å². The zero-order valence-electron chi connectivity index (χ0n) is 20.7. The fourth-order valence-corrected chi connectivity index (χ4v) is 5.56. The lowest BCUT2D eigenvalue weighted by molar-refractivity contribution is -0.192. The van der Waals surface area contributed by atoms with Crippen LogP contribution in [0.1, 0.15) is 30.5 Å². The van der Waals surface area contributed by atoms with Crippen LogP contribution in [-0.2, 0) is 31.0 Å². The summed E-state index contributed by atoms with van der Waals surface area (Å²) in [4.78, 5) is 33.5. The summed E-state index contributed by atoms with van der Waals surface area (Å²) in [5, 5.41) is 11.2. The molecule has 1 aromatic heterocycles. The molecule has 3 heterocycles. The number of pyridine rings is 1. The van der Waals surface area contributed by atoms with Crippen molar-refractivity contribution in [1.29, 1.82) is 0 Å². The predicted molar refractivity (Wildman–Crippen MR) is 129 cm³/mol. The van der Waals surface area contributed by atoms with Crippen molar-refractivity contribution in [3.05, 3.63) is 59.9 Å². The maximum Gasteiger partial charge on any atom is 0.490 e. The van der Waals surface area contributed by atoms with Gasteiger partial charge in [-0.15, -0.1) is 0 Å². The number of rotatable bonds is 5. The molecule has 10 nitrogen and oxygen atoms in total. The number of aryl methyl sites for hydroxylation is 1. The number of piperidine rings is 1. The Labute approximate surface area is 217 Å². The first kappa shape index (κ1) is 29.0. The minimum Gasteiger partial charge on any atom is -0.475 e. The molecule has 1 spiro atoms. The maximum absolute atomic E-state index is 13.1. The Morgan fingerprint density at radius 2 is 1.84 bits per heavy atom. The highest BCUT2D eigenvalue weighted by Crippen LogP contribution is 2.36. The van der Waals surface area contributed by atoms with Crippen molar-refractivity contribution in [3.8, 4) is 0 Å². The third-order valence-corrected chi connectivity index (χ3v) is 7.82. The molecule has 1 fully saturated rings. The van der Waals surface area contributed by atoms with Crippen LogP contribution in [0.15, 0.2) is 58.7 Å². The molecule has 2 aliphatic heterocycles. The lowest BCUT2D eigenvalue weighted by atomic mass is 9.89. The van der Waals surface area contributed by atoms with E-state index in [9.17, 15) is 26.4 Å². The van der Waals surface area contributed by atoms with Crippen molar-refractivity contribution in [3.63, 3.8) is 0 Å². The van der Waals surface area contributed by atoms with Gasteiger partial charge in [-0.3, -0.25) is 9.78 Å². The molecule has 0 aliphatic carbocycles. The summed E-state index contributed by atoms with van der Waals surface area (Å²) >= 11 is 0. The molecule has 0 saturated carbocycles. The number of amides is 1. The highest BCUT2D eigenvalue weighted by molar-refractivity contribution is 7.89. The number of halogens is 3. The van der Waals surface area contributed by atoms with Gasteiger partial charge in [-0.1, -0.05) is 28.9 Å². The first-order chi connectivity index (χ1) is 17.7. The largest absolute Gasteiger partial charge is 0.490 e. The second kappa shape index (κ2) is 11.5. The van der Waals surface area contributed by atoms with Gasteiger partial charge in [0.1, 0.15) is 5.71 Å². The van der Waals surface area contributed by atoms with Gasteiger partial charge in [-0.05, 0) is 44.0 Å². The molecule has 1 saturated heterocycles. The van der Waals surface area contributed by atoms with Gasteiger partial charge in [-0.25, -0.2) is 13.2 Å². The molecule has 206 valence electrons. The summed E-state index contributed by atoms with van der Waals surface area (Å²) in [7, 11) is -1.94. The fourth-order valence-electron chi connectivity index (χ4n) is 4.00. The SMILES string of the molecule is Cc1ccc(S(=O)(=O)N2CCCC3(CC(C(=O)N(C)Cc4ccccn4)=NO3)C2)cc1.O=C(O)C(F)(F)F. The van der Waals surface area contributed by atoms with Crippen LogP contribution in [0.5, 0.6) is 0 Å². The Morgan fingerprint density at radius 3 is 2.42 bits per heavy atom. The lowest BCUT2D eigenvalue weighted by Crippen LogP contribution is -2.50. The standard InChI is InChI=1S/C22H26N4O4S.C2HF3O2/c1-17-7-9-19(10-8-17)31(28,29)26-13-5-11-22(16-26)14-20(24-30-22)21(27)25(2)15-18-6-3-4-12-23-18;3-2(4,5)1(6)7/h3-4,6-10,12H,5,11,13-16H2,1-2H3;(H,6,7). The van der Waals surface area contributed by atoms with Gasteiger partial charge >= 0.3 is 12.1 Å². The molecule has 38 heavy (non-hydrogen) atoms. The number of hydrogen-bond donors (Lipinski definition) is 1. The van der Waals surface area contributed by atoms with Gasteiger partial charge in [0.25, 0.3) is 5.91 Å². The molecule has 0 radical (unpaired) electrons. The van der Waals surface area contributed by atoms with Crippen molar-refractivity contribution in [2.75, 3.05) is 20.1 Å². The van der Waals surface area contributed by atoms with E-state index in [1.54, 1.807) is 42.4 Å². The summed E-state index contributed by atoms with van der Waals surface area (Å²) in [6, 6.07) is 12.4. The zero-order valence-corrected chi connectivity index (χ0v) is 21.5. The number of benzene rings is 1. The van der Waals surface area contributed by atoms with Crippen molar-refractivity contribution < 1.29 is 41.1 Å². The first-order valence-electron chi connectivity index (χ1n) is 11.5. The Kier molecular flexibility index (Phi) is 8.77. The Morgan fingerprint density at radius 1 is 1.18 bits per heavy atom. The Hall–Kier alpha value is -3.52. The molecule has 0 bridgehead atoms. The van der Waals surface area contributed by atoms with Gasteiger partial charge in [0.15, 0.2) is 5.60 Å².